The van der Waals surface area contributed by atoms with Gasteiger partial charge < -0.3 is 10.3 Å². The van der Waals surface area contributed by atoms with Gasteiger partial charge in [-0.2, -0.15) is 0 Å². The zero-order valence-electron chi connectivity index (χ0n) is 27.4. The van der Waals surface area contributed by atoms with E-state index in [0.717, 1.165) is 40.6 Å². The molecule has 2 aromatic heterocycles. The van der Waals surface area contributed by atoms with E-state index in [9.17, 15) is 0 Å². The molecular weight excluding hydrogens is 595 g/mol. The van der Waals surface area contributed by atoms with Crippen LogP contribution in [0.1, 0.15) is 30.2 Å². The van der Waals surface area contributed by atoms with Crippen LogP contribution in [0.2, 0.25) is 0 Å². The number of hydrogen-bond acceptors (Lipinski definition) is 2. The Balaban J connectivity index is 1.35. The van der Waals surface area contributed by atoms with E-state index in [1.54, 1.807) is 0 Å². The third kappa shape index (κ3) is 4.69. The first-order chi connectivity index (χ1) is 24.2. The summed E-state index contributed by atoms with van der Waals surface area (Å²) in [6.45, 7) is 1.99. The lowest BCUT2D eigenvalue weighted by atomic mass is 9.82. The molecule has 0 radical (unpaired) electrons. The third-order valence-corrected chi connectivity index (χ3v) is 9.99. The number of pyridine rings is 1. The molecule has 234 valence electrons. The molecule has 6 aromatic carbocycles. The Hall–Kier alpha value is -6.19. The highest BCUT2D eigenvalue weighted by Crippen LogP contribution is 2.46. The number of para-hydroxylation sites is 1. The molecule has 0 bridgehead atoms. The van der Waals surface area contributed by atoms with Gasteiger partial charge in [-0.25, -0.2) is 0 Å². The molecule has 0 atom stereocenters. The molecule has 0 saturated heterocycles. The Morgan fingerprint density at radius 1 is 0.694 bits per heavy atom. The van der Waals surface area contributed by atoms with Crippen LogP contribution in [0.3, 0.4) is 0 Å². The Morgan fingerprint density at radius 3 is 2.12 bits per heavy atom. The maximum Gasteiger partial charge on any atom is 0.0866 e. The van der Waals surface area contributed by atoms with Crippen LogP contribution in [0.25, 0.3) is 83.1 Å². The molecular formula is C46H35N3. The van der Waals surface area contributed by atoms with Crippen LogP contribution in [0.4, 0.5) is 0 Å². The van der Waals surface area contributed by atoms with E-state index in [1.165, 1.54) is 60.3 Å². The molecule has 3 nitrogen and oxygen atoms in total. The summed E-state index contributed by atoms with van der Waals surface area (Å²) in [5.41, 5.74) is 19.1. The van der Waals surface area contributed by atoms with Crippen molar-refractivity contribution in [1.82, 2.24) is 9.55 Å². The minimum Gasteiger partial charge on any atom is -0.397 e. The quantitative estimate of drug-likeness (QED) is 0.152. The van der Waals surface area contributed by atoms with E-state index >= 15 is 0 Å². The average Bonchev–Trinajstić information content (AvgIpc) is 3.49. The number of nitrogens with two attached hydrogens (primary N) is 1. The molecule has 0 aliphatic heterocycles. The Labute approximate surface area is 286 Å². The van der Waals surface area contributed by atoms with Crippen molar-refractivity contribution in [2.45, 2.75) is 19.8 Å². The lowest BCUT2D eigenvalue weighted by Crippen LogP contribution is -1.99. The fourth-order valence-electron chi connectivity index (χ4n) is 7.81. The van der Waals surface area contributed by atoms with Gasteiger partial charge in [0.25, 0.3) is 0 Å². The molecule has 0 amide bonds. The van der Waals surface area contributed by atoms with Crippen LogP contribution in [-0.2, 0) is 6.42 Å². The predicted octanol–water partition coefficient (Wildman–Crippen LogP) is 11.7. The van der Waals surface area contributed by atoms with Gasteiger partial charge in [-0.05, 0) is 111 Å². The fourth-order valence-corrected chi connectivity index (χ4v) is 7.81. The number of hydrogen-bond donors (Lipinski definition) is 1. The number of rotatable bonds is 5. The van der Waals surface area contributed by atoms with E-state index in [4.69, 9.17) is 10.7 Å². The molecule has 0 unspecified atom stereocenters. The number of aromatic nitrogens is 2. The average molecular weight is 630 g/mol. The molecule has 3 heteroatoms. The van der Waals surface area contributed by atoms with Crippen LogP contribution in [0.5, 0.6) is 0 Å². The lowest BCUT2D eigenvalue weighted by molar-refractivity contribution is 0.988. The summed E-state index contributed by atoms with van der Waals surface area (Å²) in [6, 6.07) is 44.3. The monoisotopic (exact) mass is 629 g/mol. The van der Waals surface area contributed by atoms with E-state index < -0.39 is 0 Å². The summed E-state index contributed by atoms with van der Waals surface area (Å²) < 4.78 is 2.31. The Bertz CT molecular complexity index is 2610. The van der Waals surface area contributed by atoms with E-state index in [-0.39, 0.29) is 0 Å². The highest BCUT2D eigenvalue weighted by atomic mass is 15.0. The zero-order valence-corrected chi connectivity index (χ0v) is 27.4. The summed E-state index contributed by atoms with van der Waals surface area (Å²) in [6.07, 6.45) is 14.5. The number of allylic oxidation sites excluding steroid dienone is 4. The van der Waals surface area contributed by atoms with Gasteiger partial charge in [0.05, 0.1) is 28.6 Å². The molecule has 1 aliphatic carbocycles. The second-order valence-electron chi connectivity index (χ2n) is 12.8. The summed E-state index contributed by atoms with van der Waals surface area (Å²) in [5, 5.41) is 7.36. The van der Waals surface area contributed by atoms with Crippen LogP contribution < -0.4 is 5.73 Å². The van der Waals surface area contributed by atoms with Crippen molar-refractivity contribution in [3.8, 4) is 27.9 Å². The van der Waals surface area contributed by atoms with E-state index in [2.05, 4.69) is 138 Å². The molecule has 0 spiro atoms. The summed E-state index contributed by atoms with van der Waals surface area (Å²) >= 11 is 0. The van der Waals surface area contributed by atoms with Gasteiger partial charge in [0.2, 0.25) is 0 Å². The minimum absolute atomic E-state index is 0.642. The second kappa shape index (κ2) is 11.8. The van der Waals surface area contributed by atoms with Crippen molar-refractivity contribution in [2.24, 2.45) is 5.73 Å². The van der Waals surface area contributed by atoms with Gasteiger partial charge in [-0.15, -0.1) is 0 Å². The van der Waals surface area contributed by atoms with Gasteiger partial charge >= 0.3 is 0 Å². The first-order valence-electron chi connectivity index (χ1n) is 17.0. The topological polar surface area (TPSA) is 43.8 Å². The Kier molecular flexibility index (Phi) is 6.98. The van der Waals surface area contributed by atoms with Gasteiger partial charge in [0.15, 0.2) is 0 Å². The van der Waals surface area contributed by atoms with E-state index in [0.29, 0.717) is 5.70 Å². The molecule has 49 heavy (non-hydrogen) atoms. The van der Waals surface area contributed by atoms with Crippen molar-refractivity contribution in [3.63, 3.8) is 0 Å². The molecule has 0 saturated carbocycles. The second-order valence-corrected chi connectivity index (χ2v) is 12.8. The molecule has 2 N–H and O–H groups in total. The van der Waals surface area contributed by atoms with Crippen molar-refractivity contribution in [1.29, 1.82) is 0 Å². The Morgan fingerprint density at radius 2 is 1.39 bits per heavy atom. The smallest absolute Gasteiger partial charge is 0.0866 e. The van der Waals surface area contributed by atoms with Gasteiger partial charge in [0, 0.05) is 16.5 Å². The van der Waals surface area contributed by atoms with Gasteiger partial charge in [0.1, 0.15) is 0 Å². The van der Waals surface area contributed by atoms with Crippen LogP contribution in [-0.4, -0.2) is 9.55 Å². The normalized spacial score (nSPS) is 13.3. The lowest BCUT2D eigenvalue weighted by Gasteiger charge is -2.21. The fraction of sp³-hybridized carbons (Fsp3) is 0.0652. The zero-order chi connectivity index (χ0) is 32.9. The maximum atomic E-state index is 6.52. The standard InChI is InChI=1S/C46H35N3/c1-2-3-24-41(47)42-28-40-39-27-31(25-26-43(39)49(44(40)29-48-42)32-16-5-4-6-17-32)45-35-19-9-11-21-37(35)46(38-22-12-10-20-36(38)45)34-23-13-15-30-14-7-8-18-33(30)34/h2-7,9-17,19-29H,8,18,47H2,1H3/b3-2-,41-24-. The summed E-state index contributed by atoms with van der Waals surface area (Å²) in [5.74, 6) is 0. The molecule has 8 aromatic rings. The summed E-state index contributed by atoms with van der Waals surface area (Å²) in [4.78, 5) is 4.82. The maximum absolute atomic E-state index is 6.52. The highest BCUT2D eigenvalue weighted by Gasteiger charge is 2.21. The predicted molar refractivity (Wildman–Crippen MR) is 209 cm³/mol. The summed E-state index contributed by atoms with van der Waals surface area (Å²) in [7, 11) is 0. The number of nitrogens with zero attached hydrogens (tertiary/aromatic N) is 2. The van der Waals surface area contributed by atoms with Crippen molar-refractivity contribution in [3.05, 3.63) is 169 Å². The molecule has 9 rings (SSSR count). The van der Waals surface area contributed by atoms with Gasteiger partial charge in [-0.3, -0.25) is 4.98 Å². The van der Waals surface area contributed by atoms with Crippen LogP contribution in [0.15, 0.2) is 152 Å². The van der Waals surface area contributed by atoms with Crippen LogP contribution >= 0.6 is 0 Å². The molecule has 0 fully saturated rings. The number of fused-ring (bicyclic) bond motifs is 6. The van der Waals surface area contributed by atoms with E-state index in [1.807, 2.05) is 31.3 Å². The highest BCUT2D eigenvalue weighted by molar-refractivity contribution is 6.22. The first-order valence-corrected chi connectivity index (χ1v) is 17.0. The van der Waals surface area contributed by atoms with Crippen molar-refractivity contribution in [2.75, 3.05) is 0 Å². The van der Waals surface area contributed by atoms with Crippen molar-refractivity contribution >= 4 is 55.1 Å². The number of benzene rings is 6. The molecule has 1 aliphatic rings. The third-order valence-electron chi connectivity index (χ3n) is 9.99. The minimum atomic E-state index is 0.642. The van der Waals surface area contributed by atoms with Crippen LogP contribution in [0, 0.1) is 0 Å². The SMILES string of the molecule is C/C=C\C=C(/N)c1cc2c3cc(-c4c5ccccc5c(-c5cccc6c5CCC=C6)c5ccccc45)ccc3n(-c3ccccc3)c2cn1. The largest absolute Gasteiger partial charge is 0.397 e. The first kappa shape index (κ1) is 29.0. The van der Waals surface area contributed by atoms with Gasteiger partial charge in [-0.1, -0.05) is 115 Å². The van der Waals surface area contributed by atoms with Crippen molar-refractivity contribution < 1.29 is 0 Å². The molecule has 2 heterocycles.